The van der Waals surface area contributed by atoms with E-state index in [4.69, 9.17) is 4.42 Å². The molecular weight excluding hydrogens is 292 g/mol. The fraction of sp³-hybridized carbons (Fsp3) is 0.429. The number of aliphatic hydroxyl groups is 2. The van der Waals surface area contributed by atoms with E-state index in [2.05, 4.69) is 4.98 Å². The number of carbonyl (C=O) groups is 1. The second-order valence-corrected chi connectivity index (χ2v) is 6.16. The first-order chi connectivity index (χ1) is 9.99. The molecule has 2 rings (SSSR count). The van der Waals surface area contributed by atoms with Crippen molar-refractivity contribution in [2.24, 2.45) is 5.41 Å². The summed E-state index contributed by atoms with van der Waals surface area (Å²) in [7, 11) is 1.62. The van der Waals surface area contributed by atoms with Gasteiger partial charge < -0.3 is 19.5 Å². The number of aromatic nitrogens is 1. The number of rotatable bonds is 6. The average molecular weight is 310 g/mol. The minimum Gasteiger partial charge on any atom is -0.462 e. The first kappa shape index (κ1) is 15.7. The summed E-state index contributed by atoms with van der Waals surface area (Å²) in [6.45, 7) is 1.56. The van der Waals surface area contributed by atoms with Gasteiger partial charge in [0.2, 0.25) is 0 Å². The number of hydrogen-bond acceptors (Lipinski definition) is 6. The fourth-order valence-corrected chi connectivity index (χ4v) is 2.64. The highest BCUT2D eigenvalue weighted by molar-refractivity contribution is 7.13. The molecule has 0 spiro atoms. The van der Waals surface area contributed by atoms with E-state index in [1.807, 2.05) is 0 Å². The molecule has 1 amide bonds. The van der Waals surface area contributed by atoms with Crippen molar-refractivity contribution in [2.45, 2.75) is 6.92 Å². The quantitative estimate of drug-likeness (QED) is 0.843. The van der Waals surface area contributed by atoms with Gasteiger partial charge in [-0.2, -0.15) is 0 Å². The van der Waals surface area contributed by atoms with Gasteiger partial charge in [0.25, 0.3) is 5.91 Å². The lowest BCUT2D eigenvalue weighted by molar-refractivity contribution is 0.0364. The van der Waals surface area contributed by atoms with Crippen LogP contribution in [-0.4, -0.2) is 52.8 Å². The van der Waals surface area contributed by atoms with E-state index >= 15 is 0 Å². The molecule has 0 unspecified atom stereocenters. The van der Waals surface area contributed by atoms with Crippen LogP contribution in [0.5, 0.6) is 0 Å². The highest BCUT2D eigenvalue weighted by atomic mass is 32.1. The van der Waals surface area contributed by atoms with Crippen LogP contribution in [0, 0.1) is 5.41 Å². The third-order valence-corrected chi connectivity index (χ3v) is 4.04. The normalized spacial score (nSPS) is 11.6. The molecule has 0 aliphatic heterocycles. The SMILES string of the molecule is CN(CC(C)(CO)CO)C(=O)c1csc(-c2ccco2)n1. The minimum absolute atomic E-state index is 0.199. The van der Waals surface area contributed by atoms with E-state index < -0.39 is 5.41 Å². The van der Waals surface area contributed by atoms with Gasteiger partial charge in [-0.05, 0) is 12.1 Å². The highest BCUT2D eigenvalue weighted by Gasteiger charge is 2.27. The van der Waals surface area contributed by atoms with E-state index in [1.54, 1.807) is 37.7 Å². The number of aliphatic hydroxyl groups excluding tert-OH is 2. The summed E-state index contributed by atoms with van der Waals surface area (Å²) < 4.78 is 5.25. The average Bonchev–Trinajstić information content (AvgIpc) is 3.16. The Bertz CT molecular complexity index is 590. The molecule has 7 heteroatoms. The molecule has 0 fully saturated rings. The Labute approximate surface area is 126 Å². The number of nitrogens with zero attached hydrogens (tertiary/aromatic N) is 2. The van der Waals surface area contributed by atoms with E-state index in [1.165, 1.54) is 16.2 Å². The molecule has 0 saturated heterocycles. The zero-order valence-electron chi connectivity index (χ0n) is 11.9. The molecule has 0 bridgehead atoms. The van der Waals surface area contributed by atoms with Gasteiger partial charge in [-0.25, -0.2) is 4.98 Å². The van der Waals surface area contributed by atoms with E-state index in [-0.39, 0.29) is 25.7 Å². The van der Waals surface area contributed by atoms with Crippen LogP contribution in [0.2, 0.25) is 0 Å². The molecule has 21 heavy (non-hydrogen) atoms. The van der Waals surface area contributed by atoms with E-state index in [0.717, 1.165) is 0 Å². The van der Waals surface area contributed by atoms with E-state index in [0.29, 0.717) is 16.5 Å². The van der Waals surface area contributed by atoms with Gasteiger partial charge >= 0.3 is 0 Å². The molecule has 2 aromatic rings. The molecule has 6 nitrogen and oxygen atoms in total. The Morgan fingerprint density at radius 3 is 2.76 bits per heavy atom. The molecule has 2 heterocycles. The molecule has 2 aromatic heterocycles. The first-order valence-electron chi connectivity index (χ1n) is 6.46. The molecule has 0 saturated carbocycles. The van der Waals surface area contributed by atoms with Gasteiger partial charge in [0.15, 0.2) is 10.8 Å². The zero-order valence-corrected chi connectivity index (χ0v) is 12.8. The van der Waals surface area contributed by atoms with Crippen molar-refractivity contribution in [3.8, 4) is 10.8 Å². The number of thiazole rings is 1. The molecule has 0 radical (unpaired) electrons. The van der Waals surface area contributed by atoms with Gasteiger partial charge in [-0.1, -0.05) is 6.92 Å². The minimum atomic E-state index is -0.732. The molecule has 0 atom stereocenters. The van der Waals surface area contributed by atoms with Crippen molar-refractivity contribution in [1.29, 1.82) is 0 Å². The van der Waals surface area contributed by atoms with Crippen LogP contribution in [0.3, 0.4) is 0 Å². The topological polar surface area (TPSA) is 86.8 Å². The smallest absolute Gasteiger partial charge is 0.273 e. The number of carbonyl (C=O) groups excluding carboxylic acids is 1. The third kappa shape index (κ3) is 3.49. The number of amides is 1. The summed E-state index contributed by atoms with van der Waals surface area (Å²) in [4.78, 5) is 18.0. The van der Waals surface area contributed by atoms with Crippen LogP contribution in [0.1, 0.15) is 17.4 Å². The van der Waals surface area contributed by atoms with Crippen LogP contribution < -0.4 is 0 Å². The standard InChI is InChI=1S/C14H18N2O4S/c1-14(8-17,9-18)7-16(2)13(19)10-6-21-12(15-10)11-4-3-5-20-11/h3-6,17-18H,7-9H2,1-2H3. The van der Waals surface area contributed by atoms with Crippen molar-refractivity contribution in [2.75, 3.05) is 26.8 Å². The third-order valence-electron chi connectivity index (χ3n) is 3.18. The summed E-state index contributed by atoms with van der Waals surface area (Å²) in [6.07, 6.45) is 1.55. The Morgan fingerprint density at radius 1 is 1.48 bits per heavy atom. The molecule has 114 valence electrons. The van der Waals surface area contributed by atoms with Crippen LogP contribution in [0.25, 0.3) is 10.8 Å². The van der Waals surface area contributed by atoms with Crippen molar-refractivity contribution in [3.63, 3.8) is 0 Å². The molecule has 0 aromatic carbocycles. The molecule has 0 aliphatic rings. The zero-order chi connectivity index (χ0) is 15.5. The van der Waals surface area contributed by atoms with Crippen molar-refractivity contribution < 1.29 is 19.4 Å². The maximum Gasteiger partial charge on any atom is 0.273 e. The Hall–Kier alpha value is -1.70. The van der Waals surface area contributed by atoms with Crippen molar-refractivity contribution in [1.82, 2.24) is 9.88 Å². The van der Waals surface area contributed by atoms with Crippen LogP contribution >= 0.6 is 11.3 Å². The summed E-state index contributed by atoms with van der Waals surface area (Å²) in [5.74, 6) is 0.370. The highest BCUT2D eigenvalue weighted by Crippen LogP contribution is 2.25. The Balaban J connectivity index is 2.10. The van der Waals surface area contributed by atoms with Crippen LogP contribution in [0.4, 0.5) is 0 Å². The Kier molecular flexibility index (Phi) is 4.76. The lowest BCUT2D eigenvalue weighted by atomic mass is 9.92. The van der Waals surface area contributed by atoms with Crippen molar-refractivity contribution >= 4 is 17.2 Å². The predicted octanol–water partition coefficient (Wildman–Crippen LogP) is 1.47. The van der Waals surface area contributed by atoms with Gasteiger partial charge in [0.1, 0.15) is 5.69 Å². The Morgan fingerprint density at radius 2 is 2.19 bits per heavy atom. The summed E-state index contributed by atoms with van der Waals surface area (Å²) in [6, 6.07) is 3.55. The van der Waals surface area contributed by atoms with Crippen molar-refractivity contribution in [3.05, 3.63) is 29.5 Å². The van der Waals surface area contributed by atoms with Gasteiger partial charge in [0, 0.05) is 24.4 Å². The predicted molar refractivity (Wildman–Crippen MR) is 79.1 cm³/mol. The largest absolute Gasteiger partial charge is 0.462 e. The number of hydrogen-bond donors (Lipinski definition) is 2. The molecule has 2 N–H and O–H groups in total. The summed E-state index contributed by atoms with van der Waals surface area (Å²) >= 11 is 1.33. The second kappa shape index (κ2) is 6.38. The van der Waals surface area contributed by atoms with Crippen LogP contribution in [0.15, 0.2) is 28.2 Å². The lowest BCUT2D eigenvalue weighted by Crippen LogP contribution is -2.41. The lowest BCUT2D eigenvalue weighted by Gasteiger charge is -2.29. The monoisotopic (exact) mass is 310 g/mol. The first-order valence-corrected chi connectivity index (χ1v) is 7.33. The van der Waals surface area contributed by atoms with E-state index in [9.17, 15) is 15.0 Å². The summed E-state index contributed by atoms with van der Waals surface area (Å²) in [5.41, 5.74) is -0.406. The second-order valence-electron chi connectivity index (χ2n) is 5.30. The molecular formula is C14H18N2O4S. The maximum absolute atomic E-state index is 12.3. The number of furan rings is 1. The fourth-order valence-electron chi connectivity index (χ4n) is 1.88. The van der Waals surface area contributed by atoms with Gasteiger partial charge in [-0.15, -0.1) is 11.3 Å². The summed E-state index contributed by atoms with van der Waals surface area (Å²) in [5, 5.41) is 20.9. The van der Waals surface area contributed by atoms with Crippen LogP contribution in [-0.2, 0) is 0 Å². The molecule has 0 aliphatic carbocycles. The maximum atomic E-state index is 12.3. The van der Waals surface area contributed by atoms with Gasteiger partial charge in [-0.3, -0.25) is 4.79 Å². The van der Waals surface area contributed by atoms with Gasteiger partial charge in [0.05, 0.1) is 19.5 Å².